The van der Waals surface area contributed by atoms with Crippen molar-refractivity contribution in [3.8, 4) is 0 Å². The second kappa shape index (κ2) is 5.59. The van der Waals surface area contributed by atoms with Crippen molar-refractivity contribution in [2.24, 2.45) is 0 Å². The number of pyridine rings is 2. The summed E-state index contributed by atoms with van der Waals surface area (Å²) in [5.41, 5.74) is 0.365. The Morgan fingerprint density at radius 3 is 2.83 bits per heavy atom. The van der Waals surface area contributed by atoms with Gasteiger partial charge in [0.05, 0.1) is 7.11 Å². The molecule has 0 aromatic carbocycles. The first-order valence-electron chi connectivity index (χ1n) is 5.12. The van der Waals surface area contributed by atoms with E-state index in [1.54, 1.807) is 30.6 Å². The van der Waals surface area contributed by atoms with E-state index in [9.17, 15) is 4.79 Å². The van der Waals surface area contributed by atoms with Crippen LogP contribution in [0.2, 0.25) is 0 Å². The van der Waals surface area contributed by atoms with E-state index in [1.165, 1.54) is 7.11 Å². The summed E-state index contributed by atoms with van der Waals surface area (Å²) < 4.78 is 5.56. The number of esters is 1. The molecule has 2 aromatic rings. The second-order valence-electron chi connectivity index (χ2n) is 3.38. The summed E-state index contributed by atoms with van der Waals surface area (Å²) in [6, 6.07) is 6.93. The van der Waals surface area contributed by atoms with Crippen LogP contribution in [0.25, 0.3) is 0 Å². The number of aromatic nitrogens is 2. The van der Waals surface area contributed by atoms with Crippen molar-refractivity contribution >= 4 is 33.5 Å². The van der Waals surface area contributed by atoms with Gasteiger partial charge in [0.2, 0.25) is 0 Å². The van der Waals surface area contributed by atoms with E-state index < -0.39 is 5.97 Å². The molecular formula is C12H10BrN3O2. The molecule has 0 atom stereocenters. The Morgan fingerprint density at radius 1 is 1.33 bits per heavy atom. The zero-order valence-corrected chi connectivity index (χ0v) is 11.1. The highest BCUT2D eigenvalue weighted by Gasteiger charge is 2.12. The minimum Gasteiger partial charge on any atom is -0.465 e. The van der Waals surface area contributed by atoms with E-state index >= 15 is 0 Å². The van der Waals surface area contributed by atoms with Crippen molar-refractivity contribution in [2.75, 3.05) is 12.4 Å². The number of methoxy groups -OCH3 is 1. The fourth-order valence-corrected chi connectivity index (χ4v) is 1.59. The SMILES string of the molecule is COC(=O)c1cccnc1Nc1ccc(Br)cn1. The van der Waals surface area contributed by atoms with Gasteiger partial charge in [0.1, 0.15) is 17.2 Å². The lowest BCUT2D eigenvalue weighted by Crippen LogP contribution is -2.07. The van der Waals surface area contributed by atoms with E-state index in [4.69, 9.17) is 0 Å². The fraction of sp³-hybridized carbons (Fsp3) is 0.0833. The van der Waals surface area contributed by atoms with Crippen LogP contribution in [0.1, 0.15) is 10.4 Å². The molecule has 0 fully saturated rings. The molecule has 92 valence electrons. The summed E-state index contributed by atoms with van der Waals surface area (Å²) in [7, 11) is 1.33. The maximum atomic E-state index is 11.5. The smallest absolute Gasteiger partial charge is 0.341 e. The van der Waals surface area contributed by atoms with Gasteiger partial charge in [-0.15, -0.1) is 0 Å². The zero-order valence-electron chi connectivity index (χ0n) is 9.55. The third-order valence-corrected chi connectivity index (χ3v) is 2.66. The number of nitrogens with zero attached hydrogens (tertiary/aromatic N) is 2. The monoisotopic (exact) mass is 307 g/mol. The van der Waals surface area contributed by atoms with Crippen molar-refractivity contribution in [2.45, 2.75) is 0 Å². The summed E-state index contributed by atoms with van der Waals surface area (Å²) in [6.07, 6.45) is 3.25. The van der Waals surface area contributed by atoms with Crippen LogP contribution in [-0.2, 0) is 4.74 Å². The lowest BCUT2D eigenvalue weighted by atomic mass is 10.2. The van der Waals surface area contributed by atoms with Gasteiger partial charge in [-0.3, -0.25) is 0 Å². The number of halogens is 1. The van der Waals surface area contributed by atoms with E-state index in [0.29, 0.717) is 17.2 Å². The molecule has 6 heteroatoms. The third kappa shape index (κ3) is 2.84. The highest BCUT2D eigenvalue weighted by Crippen LogP contribution is 2.18. The van der Waals surface area contributed by atoms with Crippen molar-refractivity contribution in [1.29, 1.82) is 0 Å². The highest BCUT2D eigenvalue weighted by atomic mass is 79.9. The molecule has 5 nitrogen and oxygen atoms in total. The molecule has 0 aliphatic rings. The third-order valence-electron chi connectivity index (χ3n) is 2.19. The number of ether oxygens (including phenoxy) is 1. The Kier molecular flexibility index (Phi) is 3.88. The summed E-state index contributed by atoms with van der Waals surface area (Å²) in [5.74, 6) is 0.573. The quantitative estimate of drug-likeness (QED) is 0.883. The second-order valence-corrected chi connectivity index (χ2v) is 4.29. The number of hydrogen-bond donors (Lipinski definition) is 1. The molecule has 0 saturated carbocycles. The number of rotatable bonds is 3. The maximum Gasteiger partial charge on any atom is 0.341 e. The molecule has 2 heterocycles. The largest absolute Gasteiger partial charge is 0.465 e. The minimum absolute atomic E-state index is 0.365. The predicted octanol–water partition coefficient (Wildman–Crippen LogP) is 2.77. The number of hydrogen-bond acceptors (Lipinski definition) is 5. The molecule has 18 heavy (non-hydrogen) atoms. The van der Waals surface area contributed by atoms with Gasteiger partial charge < -0.3 is 10.1 Å². The van der Waals surface area contributed by atoms with E-state index in [1.807, 2.05) is 6.07 Å². The van der Waals surface area contributed by atoms with Gasteiger partial charge >= 0.3 is 5.97 Å². The van der Waals surface area contributed by atoms with Gasteiger partial charge in [-0.25, -0.2) is 14.8 Å². The average Bonchev–Trinajstić information content (AvgIpc) is 2.41. The van der Waals surface area contributed by atoms with Crippen LogP contribution < -0.4 is 5.32 Å². The van der Waals surface area contributed by atoms with Gasteiger partial charge in [-0.05, 0) is 40.2 Å². The Morgan fingerprint density at radius 2 is 2.17 bits per heavy atom. The fourth-order valence-electron chi connectivity index (χ4n) is 1.35. The molecule has 0 bridgehead atoms. The number of carbonyl (C=O) groups is 1. The molecule has 0 saturated heterocycles. The topological polar surface area (TPSA) is 64.1 Å². The normalized spacial score (nSPS) is 9.89. The molecule has 0 aliphatic heterocycles. The summed E-state index contributed by atoms with van der Waals surface area (Å²) in [5, 5.41) is 2.97. The van der Waals surface area contributed by atoms with Gasteiger partial charge in [0.25, 0.3) is 0 Å². The first kappa shape index (κ1) is 12.5. The lowest BCUT2D eigenvalue weighted by molar-refractivity contribution is 0.0601. The van der Waals surface area contributed by atoms with Gasteiger partial charge in [-0.2, -0.15) is 0 Å². The Balaban J connectivity index is 2.28. The highest BCUT2D eigenvalue weighted by molar-refractivity contribution is 9.10. The Hall–Kier alpha value is -1.95. The first-order chi connectivity index (χ1) is 8.70. The average molecular weight is 308 g/mol. The van der Waals surface area contributed by atoms with Crippen LogP contribution in [0, 0.1) is 0 Å². The Bertz CT molecular complexity index is 558. The summed E-state index contributed by atoms with van der Waals surface area (Å²) >= 11 is 3.30. The lowest BCUT2D eigenvalue weighted by Gasteiger charge is -2.08. The first-order valence-corrected chi connectivity index (χ1v) is 5.92. The van der Waals surface area contributed by atoms with Crippen molar-refractivity contribution in [3.63, 3.8) is 0 Å². The molecule has 0 aliphatic carbocycles. The molecule has 2 aromatic heterocycles. The van der Waals surface area contributed by atoms with Gasteiger partial charge in [0.15, 0.2) is 0 Å². The van der Waals surface area contributed by atoms with Crippen molar-refractivity contribution < 1.29 is 9.53 Å². The van der Waals surface area contributed by atoms with Gasteiger partial charge in [0, 0.05) is 16.9 Å². The summed E-state index contributed by atoms with van der Waals surface area (Å²) in [4.78, 5) is 19.8. The standard InChI is InChI=1S/C12H10BrN3O2/c1-18-12(17)9-3-2-6-14-11(9)16-10-5-4-8(13)7-15-10/h2-7H,1H3,(H,14,15,16). The zero-order chi connectivity index (χ0) is 13.0. The number of carbonyl (C=O) groups excluding carboxylic acids is 1. The van der Waals surface area contributed by atoms with Gasteiger partial charge in [-0.1, -0.05) is 0 Å². The van der Waals surface area contributed by atoms with E-state index in [2.05, 4.69) is 36.0 Å². The van der Waals surface area contributed by atoms with Crippen LogP contribution >= 0.6 is 15.9 Å². The van der Waals surface area contributed by atoms with Crippen LogP contribution in [-0.4, -0.2) is 23.0 Å². The number of nitrogens with one attached hydrogen (secondary N) is 1. The Labute approximate surface area is 112 Å². The van der Waals surface area contributed by atoms with Crippen molar-refractivity contribution in [3.05, 3.63) is 46.7 Å². The minimum atomic E-state index is -0.442. The summed E-state index contributed by atoms with van der Waals surface area (Å²) in [6.45, 7) is 0. The van der Waals surface area contributed by atoms with Crippen molar-refractivity contribution in [1.82, 2.24) is 9.97 Å². The van der Waals surface area contributed by atoms with E-state index in [0.717, 1.165) is 4.47 Å². The van der Waals surface area contributed by atoms with E-state index in [-0.39, 0.29) is 0 Å². The van der Waals surface area contributed by atoms with Crippen LogP contribution in [0.5, 0.6) is 0 Å². The molecule has 0 unspecified atom stereocenters. The molecule has 0 radical (unpaired) electrons. The predicted molar refractivity (Wildman–Crippen MR) is 70.8 cm³/mol. The number of anilines is 2. The van der Waals surface area contributed by atoms with Crippen LogP contribution in [0.3, 0.4) is 0 Å². The van der Waals surface area contributed by atoms with Crippen LogP contribution in [0.4, 0.5) is 11.6 Å². The molecule has 0 spiro atoms. The molecular weight excluding hydrogens is 298 g/mol. The molecule has 2 rings (SSSR count). The molecule has 1 N–H and O–H groups in total. The molecule has 0 amide bonds. The van der Waals surface area contributed by atoms with Crippen LogP contribution in [0.15, 0.2) is 41.1 Å². The maximum absolute atomic E-state index is 11.5.